The number of morpholine rings is 1. The number of nitrogens with one attached hydrogen (secondary N) is 1. The predicted molar refractivity (Wildman–Crippen MR) is 83.5 cm³/mol. The van der Waals surface area contributed by atoms with Crippen molar-refractivity contribution in [3.63, 3.8) is 0 Å². The summed E-state index contributed by atoms with van der Waals surface area (Å²) < 4.78 is 11.5. The van der Waals surface area contributed by atoms with Crippen molar-refractivity contribution in [1.29, 1.82) is 0 Å². The zero-order valence-electron chi connectivity index (χ0n) is 13.6. The van der Waals surface area contributed by atoms with E-state index in [1.54, 1.807) is 0 Å². The van der Waals surface area contributed by atoms with Gasteiger partial charge in [0.15, 0.2) is 0 Å². The monoisotopic (exact) mass is 300 g/mol. The van der Waals surface area contributed by atoms with Gasteiger partial charge in [0.1, 0.15) is 0 Å². The van der Waals surface area contributed by atoms with Crippen molar-refractivity contribution in [1.82, 2.24) is 10.2 Å². The number of hydrogen-bond acceptors (Lipinski definition) is 5. The Labute approximate surface area is 129 Å². The second kappa shape index (κ2) is 8.44. The minimum absolute atomic E-state index is 0.0427. The molecule has 2 aliphatic rings. The molecule has 2 N–H and O–H groups in total. The van der Waals surface area contributed by atoms with E-state index in [4.69, 9.17) is 9.47 Å². The second-order valence-electron chi connectivity index (χ2n) is 6.78. The van der Waals surface area contributed by atoms with Crippen molar-refractivity contribution >= 4 is 0 Å². The van der Waals surface area contributed by atoms with Crippen LogP contribution in [0.2, 0.25) is 0 Å². The molecule has 0 bridgehead atoms. The summed E-state index contributed by atoms with van der Waals surface area (Å²) in [5.41, 5.74) is 0.213. The molecule has 0 spiro atoms. The highest BCUT2D eigenvalue weighted by Gasteiger charge is 2.36. The lowest BCUT2D eigenvalue weighted by Gasteiger charge is -2.44. The van der Waals surface area contributed by atoms with Crippen LogP contribution in [0.4, 0.5) is 0 Å². The van der Waals surface area contributed by atoms with E-state index in [0.717, 1.165) is 58.8 Å². The number of nitrogens with zero attached hydrogens (tertiary/aromatic N) is 1. The summed E-state index contributed by atoms with van der Waals surface area (Å²) in [5, 5.41) is 13.0. The summed E-state index contributed by atoms with van der Waals surface area (Å²) in [7, 11) is 0. The Morgan fingerprint density at radius 1 is 1.38 bits per heavy atom. The molecule has 2 aliphatic heterocycles. The lowest BCUT2D eigenvalue weighted by atomic mass is 9.81. The molecule has 0 aromatic carbocycles. The van der Waals surface area contributed by atoms with Gasteiger partial charge in [0, 0.05) is 38.2 Å². The molecule has 0 aliphatic carbocycles. The standard InChI is InChI=1S/C16H32N2O3/c1-3-6-17-11-16(5-4-7-20-13-16)12-18-8-14(2)21-15(9-18)10-19/h14-15,17,19H,3-13H2,1-2H3. The van der Waals surface area contributed by atoms with E-state index in [2.05, 4.69) is 24.1 Å². The minimum atomic E-state index is -0.0427. The van der Waals surface area contributed by atoms with Gasteiger partial charge in [-0.15, -0.1) is 0 Å². The molecule has 3 atom stereocenters. The van der Waals surface area contributed by atoms with Crippen LogP contribution in [-0.2, 0) is 9.47 Å². The number of hydrogen-bond donors (Lipinski definition) is 2. The van der Waals surface area contributed by atoms with Gasteiger partial charge in [0.2, 0.25) is 0 Å². The molecule has 21 heavy (non-hydrogen) atoms. The molecule has 0 amide bonds. The van der Waals surface area contributed by atoms with Gasteiger partial charge in [0.25, 0.3) is 0 Å². The summed E-state index contributed by atoms with van der Waals surface area (Å²) in [6, 6.07) is 0. The van der Waals surface area contributed by atoms with Crippen LogP contribution < -0.4 is 5.32 Å². The first-order chi connectivity index (χ1) is 10.2. The maximum Gasteiger partial charge on any atom is 0.0936 e. The number of ether oxygens (including phenoxy) is 2. The molecule has 5 heteroatoms. The Kier molecular flexibility index (Phi) is 6.89. The molecule has 0 aromatic rings. The minimum Gasteiger partial charge on any atom is -0.394 e. The Hall–Kier alpha value is -0.200. The van der Waals surface area contributed by atoms with Crippen molar-refractivity contribution in [3.05, 3.63) is 0 Å². The first kappa shape index (κ1) is 17.2. The van der Waals surface area contributed by atoms with E-state index in [9.17, 15) is 5.11 Å². The fraction of sp³-hybridized carbons (Fsp3) is 1.00. The van der Waals surface area contributed by atoms with E-state index in [-0.39, 0.29) is 24.2 Å². The molecule has 3 unspecified atom stereocenters. The van der Waals surface area contributed by atoms with Crippen molar-refractivity contribution in [2.45, 2.75) is 45.3 Å². The van der Waals surface area contributed by atoms with E-state index < -0.39 is 0 Å². The van der Waals surface area contributed by atoms with Crippen LogP contribution >= 0.6 is 0 Å². The third kappa shape index (κ3) is 5.18. The van der Waals surface area contributed by atoms with Gasteiger partial charge in [-0.05, 0) is 32.7 Å². The van der Waals surface area contributed by atoms with Gasteiger partial charge in [-0.25, -0.2) is 0 Å². The van der Waals surface area contributed by atoms with Crippen LogP contribution in [-0.4, -0.2) is 74.8 Å². The van der Waals surface area contributed by atoms with Gasteiger partial charge in [-0.3, -0.25) is 4.90 Å². The van der Waals surface area contributed by atoms with Crippen molar-refractivity contribution < 1.29 is 14.6 Å². The van der Waals surface area contributed by atoms with Gasteiger partial charge in [0.05, 0.1) is 25.4 Å². The highest BCUT2D eigenvalue weighted by atomic mass is 16.5. The van der Waals surface area contributed by atoms with Gasteiger partial charge in [-0.1, -0.05) is 6.92 Å². The van der Waals surface area contributed by atoms with E-state index in [0.29, 0.717) is 0 Å². The SMILES string of the molecule is CCCNCC1(CN2CC(C)OC(CO)C2)CCCOC1. The highest BCUT2D eigenvalue weighted by molar-refractivity contribution is 4.89. The highest BCUT2D eigenvalue weighted by Crippen LogP contribution is 2.30. The van der Waals surface area contributed by atoms with Crippen LogP contribution in [0, 0.1) is 5.41 Å². The summed E-state index contributed by atoms with van der Waals surface area (Å²) in [4.78, 5) is 2.46. The summed E-state index contributed by atoms with van der Waals surface area (Å²) in [6.07, 6.45) is 3.69. The topological polar surface area (TPSA) is 54.0 Å². The predicted octanol–water partition coefficient (Wildman–Crippen LogP) is 0.864. The second-order valence-corrected chi connectivity index (χ2v) is 6.78. The number of aliphatic hydroxyl groups excluding tert-OH is 1. The molecule has 2 heterocycles. The van der Waals surface area contributed by atoms with Crippen LogP contribution in [0.5, 0.6) is 0 Å². The zero-order chi connectivity index (χ0) is 15.1. The Balaban J connectivity index is 1.93. The average molecular weight is 300 g/mol. The van der Waals surface area contributed by atoms with Crippen LogP contribution in [0.3, 0.4) is 0 Å². The fourth-order valence-electron chi connectivity index (χ4n) is 3.61. The molecule has 0 radical (unpaired) electrons. The number of rotatable bonds is 7. The van der Waals surface area contributed by atoms with E-state index >= 15 is 0 Å². The smallest absolute Gasteiger partial charge is 0.0936 e. The Bertz CT molecular complexity index is 295. The fourth-order valence-corrected chi connectivity index (χ4v) is 3.61. The van der Waals surface area contributed by atoms with Crippen LogP contribution in [0.25, 0.3) is 0 Å². The molecule has 124 valence electrons. The Morgan fingerprint density at radius 2 is 2.24 bits per heavy atom. The number of aliphatic hydroxyl groups is 1. The average Bonchev–Trinajstić information content (AvgIpc) is 2.47. The zero-order valence-corrected chi connectivity index (χ0v) is 13.6. The summed E-state index contributed by atoms with van der Waals surface area (Å²) >= 11 is 0. The van der Waals surface area contributed by atoms with E-state index in [1.807, 2.05) is 0 Å². The Morgan fingerprint density at radius 3 is 2.90 bits per heavy atom. The van der Waals surface area contributed by atoms with Crippen molar-refractivity contribution in [3.8, 4) is 0 Å². The molecule has 0 aromatic heterocycles. The van der Waals surface area contributed by atoms with Crippen LogP contribution in [0.1, 0.15) is 33.1 Å². The molecule has 2 rings (SSSR count). The lowest BCUT2D eigenvalue weighted by molar-refractivity contribution is -0.112. The van der Waals surface area contributed by atoms with Gasteiger partial charge in [-0.2, -0.15) is 0 Å². The molecule has 5 nitrogen and oxygen atoms in total. The van der Waals surface area contributed by atoms with E-state index in [1.165, 1.54) is 6.42 Å². The maximum atomic E-state index is 9.38. The van der Waals surface area contributed by atoms with Gasteiger partial charge < -0.3 is 19.9 Å². The summed E-state index contributed by atoms with van der Waals surface area (Å²) in [5.74, 6) is 0. The third-order valence-electron chi connectivity index (χ3n) is 4.50. The third-order valence-corrected chi connectivity index (χ3v) is 4.50. The van der Waals surface area contributed by atoms with Crippen molar-refractivity contribution in [2.24, 2.45) is 5.41 Å². The molecular formula is C16H32N2O3. The molecule has 2 saturated heterocycles. The first-order valence-electron chi connectivity index (χ1n) is 8.44. The largest absolute Gasteiger partial charge is 0.394 e. The lowest BCUT2D eigenvalue weighted by Crippen LogP contribution is -2.55. The maximum absolute atomic E-state index is 9.38. The molecular weight excluding hydrogens is 268 g/mol. The molecule has 2 fully saturated rings. The molecule has 0 saturated carbocycles. The quantitative estimate of drug-likeness (QED) is 0.683. The normalized spacial score (nSPS) is 35.0. The van der Waals surface area contributed by atoms with Gasteiger partial charge >= 0.3 is 0 Å². The van der Waals surface area contributed by atoms with Crippen LogP contribution in [0.15, 0.2) is 0 Å². The summed E-state index contributed by atoms with van der Waals surface area (Å²) in [6.45, 7) is 11.1. The van der Waals surface area contributed by atoms with Crippen molar-refractivity contribution in [2.75, 3.05) is 52.5 Å². The first-order valence-corrected chi connectivity index (χ1v) is 8.44.